The standard InChI is InChI=1S/C11H22N2O4/c12-9(11(16)17)5-6-10(15)13-7-3-1-2-4-8-14/h9,14H,1-8,12H2,(H,13,15)(H,16,17). The van der Waals surface area contributed by atoms with Gasteiger partial charge in [-0.05, 0) is 19.3 Å². The van der Waals surface area contributed by atoms with Gasteiger partial charge in [-0.1, -0.05) is 12.8 Å². The number of nitrogens with one attached hydrogen (secondary N) is 1. The van der Waals surface area contributed by atoms with Crippen LogP contribution in [0.25, 0.3) is 0 Å². The van der Waals surface area contributed by atoms with Crippen molar-refractivity contribution >= 4 is 11.9 Å². The minimum absolute atomic E-state index is 0.143. The summed E-state index contributed by atoms with van der Waals surface area (Å²) in [6, 6.07) is -0.967. The molecule has 0 spiro atoms. The zero-order chi connectivity index (χ0) is 13.1. The number of unbranched alkanes of at least 4 members (excludes halogenated alkanes) is 3. The fraction of sp³-hybridized carbons (Fsp3) is 0.818. The molecule has 0 rings (SSSR count). The van der Waals surface area contributed by atoms with Gasteiger partial charge in [-0.2, -0.15) is 0 Å². The number of carboxylic acids is 1. The summed E-state index contributed by atoms with van der Waals surface area (Å²) < 4.78 is 0. The molecule has 0 aromatic carbocycles. The molecule has 6 heteroatoms. The number of carboxylic acid groups (broad SMARTS) is 1. The van der Waals surface area contributed by atoms with Crippen LogP contribution in [0.15, 0.2) is 0 Å². The lowest BCUT2D eigenvalue weighted by Crippen LogP contribution is -2.32. The summed E-state index contributed by atoms with van der Waals surface area (Å²) in [4.78, 5) is 21.7. The van der Waals surface area contributed by atoms with E-state index in [2.05, 4.69) is 5.32 Å². The number of hydrogen-bond donors (Lipinski definition) is 4. The SMILES string of the molecule is NC(CCC(=O)NCCCCCCO)C(=O)O. The monoisotopic (exact) mass is 246 g/mol. The molecule has 0 aromatic rings. The molecule has 0 aromatic heterocycles. The van der Waals surface area contributed by atoms with E-state index in [4.69, 9.17) is 15.9 Å². The molecular weight excluding hydrogens is 224 g/mol. The fourth-order valence-electron chi connectivity index (χ4n) is 1.32. The maximum atomic E-state index is 11.3. The van der Waals surface area contributed by atoms with Crippen LogP contribution in [0.3, 0.4) is 0 Å². The van der Waals surface area contributed by atoms with Gasteiger partial charge in [0.15, 0.2) is 0 Å². The van der Waals surface area contributed by atoms with Crippen molar-refractivity contribution in [3.63, 3.8) is 0 Å². The summed E-state index contributed by atoms with van der Waals surface area (Å²) >= 11 is 0. The van der Waals surface area contributed by atoms with Gasteiger partial charge in [0.05, 0.1) is 0 Å². The average molecular weight is 246 g/mol. The smallest absolute Gasteiger partial charge is 0.320 e. The zero-order valence-corrected chi connectivity index (χ0v) is 10.0. The van der Waals surface area contributed by atoms with Gasteiger partial charge in [-0.15, -0.1) is 0 Å². The third-order valence-corrected chi connectivity index (χ3v) is 2.41. The molecule has 1 unspecified atom stereocenters. The molecule has 0 fully saturated rings. The van der Waals surface area contributed by atoms with Gasteiger partial charge in [0.2, 0.25) is 5.91 Å². The van der Waals surface area contributed by atoms with Crippen LogP contribution in [0.1, 0.15) is 38.5 Å². The van der Waals surface area contributed by atoms with Crippen molar-refractivity contribution in [3.05, 3.63) is 0 Å². The molecule has 1 atom stereocenters. The molecule has 5 N–H and O–H groups in total. The van der Waals surface area contributed by atoms with Crippen LogP contribution < -0.4 is 11.1 Å². The molecule has 0 saturated heterocycles. The van der Waals surface area contributed by atoms with E-state index in [0.717, 1.165) is 25.7 Å². The fourth-order valence-corrected chi connectivity index (χ4v) is 1.32. The van der Waals surface area contributed by atoms with Gasteiger partial charge in [0, 0.05) is 19.6 Å². The van der Waals surface area contributed by atoms with Crippen LogP contribution in [0.5, 0.6) is 0 Å². The summed E-state index contributed by atoms with van der Waals surface area (Å²) in [6.45, 7) is 0.798. The van der Waals surface area contributed by atoms with E-state index in [9.17, 15) is 9.59 Å². The number of rotatable bonds is 10. The average Bonchev–Trinajstić information content (AvgIpc) is 2.30. The highest BCUT2D eigenvalue weighted by Gasteiger charge is 2.12. The highest BCUT2D eigenvalue weighted by Crippen LogP contribution is 1.98. The molecule has 0 aliphatic heterocycles. The highest BCUT2D eigenvalue weighted by atomic mass is 16.4. The molecule has 0 saturated carbocycles. The van der Waals surface area contributed by atoms with Crippen LogP contribution in [-0.4, -0.2) is 41.3 Å². The number of amides is 1. The number of carbonyl (C=O) groups is 2. The van der Waals surface area contributed by atoms with Gasteiger partial charge in [0.1, 0.15) is 6.04 Å². The van der Waals surface area contributed by atoms with Gasteiger partial charge < -0.3 is 21.3 Å². The lowest BCUT2D eigenvalue weighted by Gasteiger charge is -2.07. The van der Waals surface area contributed by atoms with E-state index >= 15 is 0 Å². The molecular formula is C11H22N2O4. The number of carbonyl (C=O) groups excluding carboxylic acids is 1. The third-order valence-electron chi connectivity index (χ3n) is 2.41. The van der Waals surface area contributed by atoms with Crippen molar-refractivity contribution in [1.29, 1.82) is 0 Å². The number of hydrogen-bond acceptors (Lipinski definition) is 4. The highest BCUT2D eigenvalue weighted by molar-refractivity contribution is 5.78. The maximum absolute atomic E-state index is 11.3. The summed E-state index contributed by atoms with van der Waals surface area (Å²) in [5, 5.41) is 19.8. The molecule has 1 amide bonds. The number of aliphatic hydroxyl groups excluding tert-OH is 1. The lowest BCUT2D eigenvalue weighted by atomic mass is 10.1. The van der Waals surface area contributed by atoms with Crippen molar-refractivity contribution < 1.29 is 19.8 Å². The van der Waals surface area contributed by atoms with E-state index in [0.29, 0.717) is 6.54 Å². The Labute approximate surface area is 101 Å². The second-order valence-electron chi connectivity index (χ2n) is 3.97. The van der Waals surface area contributed by atoms with E-state index in [1.807, 2.05) is 0 Å². The summed E-state index contributed by atoms with van der Waals surface area (Å²) in [5.74, 6) is -1.24. The second-order valence-corrected chi connectivity index (χ2v) is 3.97. The van der Waals surface area contributed by atoms with Crippen molar-refractivity contribution in [3.8, 4) is 0 Å². The first-order chi connectivity index (χ1) is 8.07. The van der Waals surface area contributed by atoms with Crippen LogP contribution >= 0.6 is 0 Å². The third kappa shape index (κ3) is 9.77. The largest absolute Gasteiger partial charge is 0.480 e. The molecule has 0 bridgehead atoms. The Kier molecular flexibility index (Phi) is 9.37. The molecule has 17 heavy (non-hydrogen) atoms. The topological polar surface area (TPSA) is 113 Å². The van der Waals surface area contributed by atoms with E-state index < -0.39 is 12.0 Å². The van der Waals surface area contributed by atoms with Crippen LogP contribution in [0, 0.1) is 0 Å². The number of aliphatic hydroxyl groups is 1. The minimum atomic E-state index is -1.08. The Balaban J connectivity index is 3.38. The quantitative estimate of drug-likeness (QED) is 0.400. The molecule has 0 heterocycles. The Morgan fingerprint density at radius 2 is 1.82 bits per heavy atom. The predicted molar refractivity (Wildman–Crippen MR) is 63.4 cm³/mol. The summed E-state index contributed by atoms with van der Waals surface area (Å²) in [6.07, 6.45) is 3.89. The number of aliphatic carboxylic acids is 1. The Morgan fingerprint density at radius 3 is 2.41 bits per heavy atom. The van der Waals surface area contributed by atoms with Gasteiger partial charge in [-0.25, -0.2) is 0 Å². The van der Waals surface area contributed by atoms with Crippen LogP contribution in [-0.2, 0) is 9.59 Å². The van der Waals surface area contributed by atoms with Crippen molar-refractivity contribution in [2.75, 3.05) is 13.2 Å². The Morgan fingerprint density at radius 1 is 1.18 bits per heavy atom. The Hall–Kier alpha value is -1.14. The molecule has 0 aliphatic carbocycles. The molecule has 100 valence electrons. The maximum Gasteiger partial charge on any atom is 0.320 e. The Bertz CT molecular complexity index is 234. The number of nitrogens with two attached hydrogens (primary N) is 1. The lowest BCUT2D eigenvalue weighted by molar-refractivity contribution is -0.138. The minimum Gasteiger partial charge on any atom is -0.480 e. The summed E-state index contributed by atoms with van der Waals surface area (Å²) in [5.41, 5.74) is 5.27. The van der Waals surface area contributed by atoms with Gasteiger partial charge in [0.25, 0.3) is 0 Å². The van der Waals surface area contributed by atoms with Crippen molar-refractivity contribution in [1.82, 2.24) is 5.32 Å². The molecule has 0 aliphatic rings. The predicted octanol–water partition coefficient (Wildman–Crippen LogP) is -0.153. The van der Waals surface area contributed by atoms with E-state index in [1.165, 1.54) is 0 Å². The van der Waals surface area contributed by atoms with Crippen molar-refractivity contribution in [2.24, 2.45) is 5.73 Å². The van der Waals surface area contributed by atoms with E-state index in [1.54, 1.807) is 0 Å². The first-order valence-corrected chi connectivity index (χ1v) is 5.94. The first-order valence-electron chi connectivity index (χ1n) is 5.94. The normalized spacial score (nSPS) is 12.1. The van der Waals surface area contributed by atoms with Gasteiger partial charge in [-0.3, -0.25) is 9.59 Å². The van der Waals surface area contributed by atoms with Crippen LogP contribution in [0.4, 0.5) is 0 Å². The van der Waals surface area contributed by atoms with Crippen LogP contribution in [0.2, 0.25) is 0 Å². The van der Waals surface area contributed by atoms with Gasteiger partial charge >= 0.3 is 5.97 Å². The molecule has 6 nitrogen and oxygen atoms in total. The second kappa shape index (κ2) is 10.0. The summed E-state index contributed by atoms with van der Waals surface area (Å²) in [7, 11) is 0. The zero-order valence-electron chi connectivity index (χ0n) is 10.0. The van der Waals surface area contributed by atoms with E-state index in [-0.39, 0.29) is 25.4 Å². The first kappa shape index (κ1) is 15.9. The van der Waals surface area contributed by atoms with Crippen molar-refractivity contribution in [2.45, 2.75) is 44.6 Å². The molecule has 0 radical (unpaired) electrons.